The zero-order valence-corrected chi connectivity index (χ0v) is 25.4. The summed E-state index contributed by atoms with van der Waals surface area (Å²) >= 11 is 0. The van der Waals surface area contributed by atoms with Gasteiger partial charge >= 0.3 is 5.97 Å². The second kappa shape index (κ2) is 13.1. The van der Waals surface area contributed by atoms with Crippen LogP contribution in [0.25, 0.3) is 0 Å². The third kappa shape index (κ3) is 6.88. The van der Waals surface area contributed by atoms with Crippen LogP contribution in [0.3, 0.4) is 0 Å². The number of hydrogen-bond donors (Lipinski definition) is 3. The average molecular weight is 592 g/mol. The number of carbonyl (C=O) groups is 3. The Labute approximate surface area is 254 Å². The number of hydrogen-bond acceptors (Lipinski definition) is 6. The number of carbonyl (C=O) groups excluding carboxylic acids is 2. The van der Waals surface area contributed by atoms with E-state index >= 15 is 0 Å². The second-order valence-corrected chi connectivity index (χ2v) is 12.7. The number of ether oxygens (including phenoxy) is 1. The Balaban J connectivity index is 1.20. The number of carboxylic acid groups (broad SMARTS) is 1. The minimum absolute atomic E-state index is 0.0381. The molecule has 9 nitrogen and oxygen atoms in total. The first-order chi connectivity index (χ1) is 20.6. The number of nitrogens with one attached hydrogen (secondary N) is 1. The zero-order chi connectivity index (χ0) is 30.6. The molecule has 1 saturated carbocycles. The molecule has 2 aliphatic heterocycles. The highest BCUT2D eigenvalue weighted by Crippen LogP contribution is 2.38. The Morgan fingerprint density at radius 1 is 1.00 bits per heavy atom. The average Bonchev–Trinajstić information content (AvgIpc) is 2.98. The van der Waals surface area contributed by atoms with Crippen molar-refractivity contribution in [1.29, 1.82) is 0 Å². The first kappa shape index (κ1) is 31.0. The molecule has 43 heavy (non-hydrogen) atoms. The number of benzene rings is 2. The highest BCUT2D eigenvalue weighted by atomic mass is 16.5. The molecule has 2 aromatic rings. The maximum Gasteiger partial charge on any atom is 0.335 e. The van der Waals surface area contributed by atoms with Crippen molar-refractivity contribution >= 4 is 17.8 Å². The highest BCUT2D eigenvalue weighted by molar-refractivity contribution is 6.00. The van der Waals surface area contributed by atoms with Gasteiger partial charge in [-0.15, -0.1) is 0 Å². The van der Waals surface area contributed by atoms with Crippen LogP contribution in [0.5, 0.6) is 11.5 Å². The molecule has 0 bridgehead atoms. The number of aromatic carboxylic acids is 1. The number of aliphatic hydroxyl groups is 1. The molecule has 1 aliphatic carbocycles. The molecule has 2 amide bonds. The molecule has 3 N–H and O–H groups in total. The standard InChI is InChI=1S/C34H45N3O6/c1-3-4-18-37-30(38)29(22-33(42)14-6-5-7-15-33)35-32(41)34(37)16-19-36(20-17-34)23-25-8-10-26(11-9-25)43-27-12-13-28(31(39)40)24(2)21-27/h8-13,21,29,42H,3-7,14-20,22-23H2,1-2H3,(H,35,41)(H,39,40)/t29-/m1/s1. The van der Waals surface area contributed by atoms with Crippen molar-refractivity contribution in [2.24, 2.45) is 0 Å². The summed E-state index contributed by atoms with van der Waals surface area (Å²) in [6.45, 7) is 6.54. The van der Waals surface area contributed by atoms with Crippen molar-refractivity contribution in [2.45, 2.75) is 102 Å². The van der Waals surface area contributed by atoms with Crippen LogP contribution in [0.15, 0.2) is 42.5 Å². The van der Waals surface area contributed by atoms with Crippen LogP contribution in [-0.4, -0.2) is 74.6 Å². The molecule has 5 rings (SSSR count). The third-order valence-electron chi connectivity index (χ3n) is 9.59. The lowest BCUT2D eigenvalue weighted by atomic mass is 9.77. The quantitative estimate of drug-likeness (QED) is 0.355. The van der Waals surface area contributed by atoms with E-state index in [0.29, 0.717) is 68.8 Å². The summed E-state index contributed by atoms with van der Waals surface area (Å²) in [7, 11) is 0. The van der Waals surface area contributed by atoms with Gasteiger partial charge in [0.2, 0.25) is 11.8 Å². The van der Waals surface area contributed by atoms with Crippen LogP contribution in [0.2, 0.25) is 0 Å². The van der Waals surface area contributed by atoms with E-state index in [1.54, 1.807) is 25.1 Å². The van der Waals surface area contributed by atoms with Crippen molar-refractivity contribution < 1.29 is 29.3 Å². The molecule has 3 aliphatic rings. The minimum Gasteiger partial charge on any atom is -0.478 e. The molecule has 2 heterocycles. The van der Waals surface area contributed by atoms with Gasteiger partial charge in [0.15, 0.2) is 0 Å². The fraction of sp³-hybridized carbons (Fsp3) is 0.559. The molecular formula is C34H45N3O6. The summed E-state index contributed by atoms with van der Waals surface area (Å²) in [5, 5.41) is 23.4. The van der Waals surface area contributed by atoms with Crippen LogP contribution in [0.1, 0.15) is 92.6 Å². The van der Waals surface area contributed by atoms with Crippen LogP contribution in [0.4, 0.5) is 0 Å². The Morgan fingerprint density at radius 3 is 2.30 bits per heavy atom. The van der Waals surface area contributed by atoms with E-state index in [0.717, 1.165) is 44.2 Å². The van der Waals surface area contributed by atoms with Crippen molar-refractivity contribution in [2.75, 3.05) is 19.6 Å². The lowest BCUT2D eigenvalue weighted by Crippen LogP contribution is -2.73. The van der Waals surface area contributed by atoms with Crippen LogP contribution in [0, 0.1) is 6.92 Å². The van der Waals surface area contributed by atoms with Gasteiger partial charge in [0.05, 0.1) is 11.2 Å². The molecule has 2 saturated heterocycles. The molecule has 2 aromatic carbocycles. The molecule has 232 valence electrons. The number of nitrogens with zero attached hydrogens (tertiary/aromatic N) is 2. The van der Waals surface area contributed by atoms with Gasteiger partial charge in [0, 0.05) is 32.6 Å². The van der Waals surface area contributed by atoms with Gasteiger partial charge in [-0.2, -0.15) is 0 Å². The number of aryl methyl sites for hydroxylation is 1. The molecule has 1 atom stereocenters. The SMILES string of the molecule is CCCCN1C(=O)[C@@H](CC2(O)CCCCC2)NC(=O)C12CCN(Cc1ccc(Oc3ccc(C(=O)O)c(C)c3)cc1)CC2. The summed E-state index contributed by atoms with van der Waals surface area (Å²) in [6.07, 6.45) is 7.66. The first-order valence-electron chi connectivity index (χ1n) is 15.8. The molecule has 9 heteroatoms. The number of amides is 2. The molecule has 0 unspecified atom stereocenters. The fourth-order valence-electron chi connectivity index (χ4n) is 7.02. The lowest BCUT2D eigenvalue weighted by molar-refractivity contribution is -0.163. The monoisotopic (exact) mass is 591 g/mol. The Morgan fingerprint density at radius 2 is 1.67 bits per heavy atom. The summed E-state index contributed by atoms with van der Waals surface area (Å²) in [5.41, 5.74) is 0.310. The van der Waals surface area contributed by atoms with Crippen LogP contribution < -0.4 is 10.1 Å². The molecule has 0 radical (unpaired) electrons. The number of rotatable bonds is 10. The highest BCUT2D eigenvalue weighted by Gasteiger charge is 2.54. The largest absolute Gasteiger partial charge is 0.478 e. The van der Waals surface area contributed by atoms with Crippen molar-refractivity contribution in [3.63, 3.8) is 0 Å². The molecule has 1 spiro atoms. The lowest BCUT2D eigenvalue weighted by Gasteiger charge is -2.52. The molecule has 0 aromatic heterocycles. The van der Waals surface area contributed by atoms with Gasteiger partial charge in [-0.25, -0.2) is 4.79 Å². The number of carboxylic acids is 1. The van der Waals surface area contributed by atoms with Crippen molar-refractivity contribution in [3.05, 3.63) is 59.2 Å². The summed E-state index contributed by atoms with van der Waals surface area (Å²) < 4.78 is 5.94. The van der Waals surface area contributed by atoms with E-state index in [2.05, 4.69) is 17.1 Å². The zero-order valence-electron chi connectivity index (χ0n) is 25.4. The first-order valence-corrected chi connectivity index (χ1v) is 15.8. The maximum absolute atomic E-state index is 13.8. The predicted octanol–water partition coefficient (Wildman–Crippen LogP) is 5.03. The third-order valence-corrected chi connectivity index (χ3v) is 9.59. The summed E-state index contributed by atoms with van der Waals surface area (Å²) in [5.74, 6) is 0.184. The van der Waals surface area contributed by atoms with Crippen LogP contribution >= 0.6 is 0 Å². The van der Waals surface area contributed by atoms with E-state index in [9.17, 15) is 24.6 Å². The van der Waals surface area contributed by atoms with Crippen LogP contribution in [-0.2, 0) is 16.1 Å². The van der Waals surface area contributed by atoms with Crippen molar-refractivity contribution in [3.8, 4) is 11.5 Å². The Hall–Kier alpha value is -3.43. The molecular weight excluding hydrogens is 546 g/mol. The second-order valence-electron chi connectivity index (χ2n) is 12.7. The van der Waals surface area contributed by atoms with Crippen molar-refractivity contribution in [1.82, 2.24) is 15.1 Å². The van der Waals surface area contributed by atoms with Gasteiger partial charge in [-0.3, -0.25) is 14.5 Å². The number of piperidine rings is 1. The maximum atomic E-state index is 13.8. The van der Waals surface area contributed by atoms with E-state index in [1.165, 1.54) is 0 Å². The smallest absolute Gasteiger partial charge is 0.335 e. The van der Waals surface area contributed by atoms with Gasteiger partial charge in [0.1, 0.15) is 23.1 Å². The minimum atomic E-state index is -0.958. The van der Waals surface area contributed by atoms with Gasteiger partial charge in [-0.05, 0) is 80.5 Å². The number of unbranched alkanes of at least 4 members (excludes halogenated alkanes) is 1. The predicted molar refractivity (Wildman–Crippen MR) is 163 cm³/mol. The summed E-state index contributed by atoms with van der Waals surface area (Å²) in [6, 6.07) is 12.1. The normalized spacial score (nSPS) is 21.9. The topological polar surface area (TPSA) is 119 Å². The Kier molecular flexibility index (Phi) is 9.42. The van der Waals surface area contributed by atoms with Gasteiger partial charge in [0.25, 0.3) is 0 Å². The Bertz CT molecular complexity index is 1310. The fourth-order valence-corrected chi connectivity index (χ4v) is 7.02. The molecule has 3 fully saturated rings. The number of likely N-dealkylation sites (tertiary alicyclic amines) is 1. The van der Waals surface area contributed by atoms with E-state index in [-0.39, 0.29) is 17.4 Å². The van der Waals surface area contributed by atoms with Gasteiger partial charge < -0.3 is 25.2 Å². The van der Waals surface area contributed by atoms with E-state index in [4.69, 9.17) is 4.74 Å². The number of piperazine rings is 1. The van der Waals surface area contributed by atoms with E-state index in [1.807, 2.05) is 29.2 Å². The van der Waals surface area contributed by atoms with E-state index < -0.39 is 23.2 Å². The summed E-state index contributed by atoms with van der Waals surface area (Å²) in [4.78, 5) is 43.0. The van der Waals surface area contributed by atoms with Gasteiger partial charge in [-0.1, -0.05) is 44.7 Å².